The van der Waals surface area contributed by atoms with Crippen molar-refractivity contribution in [3.05, 3.63) is 35.9 Å². The molecule has 0 bridgehead atoms. The van der Waals surface area contributed by atoms with Gasteiger partial charge in [0.25, 0.3) is 0 Å². The maximum Gasteiger partial charge on any atom is 0.0720 e. The van der Waals surface area contributed by atoms with Crippen LogP contribution >= 0.6 is 0 Å². The molecule has 0 saturated heterocycles. The number of hydrogen-bond acceptors (Lipinski definition) is 1. The Morgan fingerprint density at radius 2 is 1.94 bits per heavy atom. The molecular formula is C15H22O. The van der Waals surface area contributed by atoms with E-state index in [0.717, 1.165) is 18.4 Å². The zero-order valence-corrected chi connectivity index (χ0v) is 10.4. The summed E-state index contributed by atoms with van der Waals surface area (Å²) in [5.41, 5.74) is 1.29. The molecular weight excluding hydrogens is 196 g/mol. The highest BCUT2D eigenvalue weighted by molar-refractivity contribution is 5.13. The molecule has 88 valence electrons. The molecule has 1 fully saturated rings. The Balaban J connectivity index is 1.86. The van der Waals surface area contributed by atoms with E-state index in [4.69, 9.17) is 4.74 Å². The fourth-order valence-corrected chi connectivity index (χ4v) is 2.70. The first-order chi connectivity index (χ1) is 7.77. The van der Waals surface area contributed by atoms with E-state index in [-0.39, 0.29) is 0 Å². The molecule has 0 N–H and O–H groups in total. The summed E-state index contributed by atoms with van der Waals surface area (Å²) in [5, 5.41) is 0. The Morgan fingerprint density at radius 1 is 1.19 bits per heavy atom. The summed E-state index contributed by atoms with van der Waals surface area (Å²) in [6, 6.07) is 10.5. The van der Waals surface area contributed by atoms with Crippen molar-refractivity contribution in [1.29, 1.82) is 0 Å². The maximum absolute atomic E-state index is 6.06. The third-order valence-corrected chi connectivity index (χ3v) is 3.67. The first kappa shape index (κ1) is 11.7. The molecule has 16 heavy (non-hydrogen) atoms. The van der Waals surface area contributed by atoms with Crippen LogP contribution in [-0.4, -0.2) is 6.10 Å². The van der Waals surface area contributed by atoms with Gasteiger partial charge in [0.05, 0.1) is 12.7 Å². The summed E-state index contributed by atoms with van der Waals surface area (Å²) in [6.07, 6.45) is 4.41. The van der Waals surface area contributed by atoms with Crippen LogP contribution in [0, 0.1) is 11.8 Å². The molecule has 0 unspecified atom stereocenters. The molecule has 1 heteroatoms. The van der Waals surface area contributed by atoms with Crippen molar-refractivity contribution in [2.45, 2.75) is 45.8 Å². The molecule has 0 spiro atoms. The predicted octanol–water partition coefficient (Wildman–Crippen LogP) is 4.03. The van der Waals surface area contributed by atoms with E-state index in [1.165, 1.54) is 24.8 Å². The van der Waals surface area contributed by atoms with Gasteiger partial charge in [0.2, 0.25) is 0 Å². The molecule has 0 aliphatic heterocycles. The van der Waals surface area contributed by atoms with Gasteiger partial charge in [-0.25, -0.2) is 0 Å². The van der Waals surface area contributed by atoms with Gasteiger partial charge in [-0.1, -0.05) is 50.6 Å². The van der Waals surface area contributed by atoms with Crippen molar-refractivity contribution < 1.29 is 4.74 Å². The van der Waals surface area contributed by atoms with E-state index in [2.05, 4.69) is 44.2 Å². The van der Waals surface area contributed by atoms with E-state index in [1.807, 2.05) is 0 Å². The van der Waals surface area contributed by atoms with Gasteiger partial charge in [-0.05, 0) is 30.2 Å². The minimum Gasteiger partial charge on any atom is -0.373 e. The monoisotopic (exact) mass is 218 g/mol. The summed E-state index contributed by atoms with van der Waals surface area (Å²) < 4.78 is 6.06. The summed E-state index contributed by atoms with van der Waals surface area (Å²) in [7, 11) is 0. The number of benzene rings is 1. The Bertz CT molecular complexity index is 304. The summed E-state index contributed by atoms with van der Waals surface area (Å²) in [5.74, 6) is 1.52. The zero-order chi connectivity index (χ0) is 11.4. The van der Waals surface area contributed by atoms with Crippen LogP contribution in [0.4, 0.5) is 0 Å². The fourth-order valence-electron chi connectivity index (χ4n) is 2.70. The summed E-state index contributed by atoms with van der Waals surface area (Å²) in [6.45, 7) is 5.40. The third kappa shape index (κ3) is 2.85. The molecule has 1 aromatic carbocycles. The molecule has 0 heterocycles. The van der Waals surface area contributed by atoms with E-state index >= 15 is 0 Å². The average molecular weight is 218 g/mol. The van der Waals surface area contributed by atoms with Crippen LogP contribution in [-0.2, 0) is 11.3 Å². The molecule has 0 radical (unpaired) electrons. The molecule has 1 aliphatic rings. The lowest BCUT2D eigenvalue weighted by Crippen LogP contribution is -2.22. The van der Waals surface area contributed by atoms with Crippen LogP contribution in [0.2, 0.25) is 0 Å². The van der Waals surface area contributed by atoms with Gasteiger partial charge in [-0.15, -0.1) is 0 Å². The lowest BCUT2D eigenvalue weighted by molar-refractivity contribution is 0.00355. The van der Waals surface area contributed by atoms with Crippen LogP contribution in [0.25, 0.3) is 0 Å². The van der Waals surface area contributed by atoms with Gasteiger partial charge in [0, 0.05) is 0 Å². The predicted molar refractivity (Wildman–Crippen MR) is 67.2 cm³/mol. The molecule has 1 aromatic rings. The largest absolute Gasteiger partial charge is 0.373 e. The highest BCUT2D eigenvalue weighted by Gasteiger charge is 2.30. The quantitative estimate of drug-likeness (QED) is 0.741. The van der Waals surface area contributed by atoms with Gasteiger partial charge in [0.1, 0.15) is 0 Å². The molecule has 1 saturated carbocycles. The molecule has 2 atom stereocenters. The van der Waals surface area contributed by atoms with Crippen molar-refractivity contribution in [1.82, 2.24) is 0 Å². The van der Waals surface area contributed by atoms with Crippen LogP contribution in [0.15, 0.2) is 30.3 Å². The topological polar surface area (TPSA) is 9.23 Å². The maximum atomic E-state index is 6.06. The second-order valence-corrected chi connectivity index (χ2v) is 5.17. The Hall–Kier alpha value is -0.820. The molecule has 1 nitrogen and oxygen atoms in total. The van der Waals surface area contributed by atoms with Crippen LogP contribution < -0.4 is 0 Å². The van der Waals surface area contributed by atoms with Crippen molar-refractivity contribution >= 4 is 0 Å². The number of rotatable bonds is 4. The van der Waals surface area contributed by atoms with E-state index in [0.29, 0.717) is 6.10 Å². The van der Waals surface area contributed by atoms with E-state index in [9.17, 15) is 0 Å². The number of hydrogen-bond donors (Lipinski definition) is 0. The van der Waals surface area contributed by atoms with Crippen LogP contribution in [0.5, 0.6) is 0 Å². The molecule has 1 aliphatic carbocycles. The van der Waals surface area contributed by atoms with Gasteiger partial charge in [-0.3, -0.25) is 0 Å². The van der Waals surface area contributed by atoms with E-state index < -0.39 is 0 Å². The van der Waals surface area contributed by atoms with Crippen molar-refractivity contribution in [3.8, 4) is 0 Å². The highest BCUT2D eigenvalue weighted by Crippen LogP contribution is 2.34. The Kier molecular flexibility index (Phi) is 4.00. The van der Waals surface area contributed by atoms with E-state index in [1.54, 1.807) is 0 Å². The first-order valence-corrected chi connectivity index (χ1v) is 6.43. The zero-order valence-electron chi connectivity index (χ0n) is 10.4. The second kappa shape index (κ2) is 5.49. The van der Waals surface area contributed by atoms with Crippen LogP contribution in [0.1, 0.15) is 38.7 Å². The Labute approximate surface area is 98.8 Å². The minimum atomic E-state index is 0.486. The van der Waals surface area contributed by atoms with Gasteiger partial charge in [0.15, 0.2) is 0 Å². The molecule has 0 amide bonds. The lowest BCUT2D eigenvalue weighted by atomic mass is 9.92. The molecule has 0 aromatic heterocycles. The fraction of sp³-hybridized carbons (Fsp3) is 0.600. The summed E-state index contributed by atoms with van der Waals surface area (Å²) in [4.78, 5) is 0. The molecule has 2 rings (SSSR count). The summed E-state index contributed by atoms with van der Waals surface area (Å²) >= 11 is 0. The normalized spacial score (nSPS) is 25.2. The van der Waals surface area contributed by atoms with Crippen molar-refractivity contribution in [2.75, 3.05) is 0 Å². The lowest BCUT2D eigenvalue weighted by Gasteiger charge is -2.23. The van der Waals surface area contributed by atoms with Gasteiger partial charge in [-0.2, -0.15) is 0 Å². The first-order valence-electron chi connectivity index (χ1n) is 6.43. The SMILES string of the molecule is CC(C)[C@H]1CCC[C@@H]1OCc1ccccc1. The standard InChI is InChI=1S/C15H22O/c1-12(2)14-9-6-10-15(14)16-11-13-7-4-3-5-8-13/h3-5,7-8,12,14-15H,6,9-11H2,1-2H3/t14-,15+/m1/s1. The average Bonchev–Trinajstić information content (AvgIpc) is 2.76. The van der Waals surface area contributed by atoms with Crippen molar-refractivity contribution in [2.24, 2.45) is 11.8 Å². The van der Waals surface area contributed by atoms with Crippen LogP contribution in [0.3, 0.4) is 0 Å². The van der Waals surface area contributed by atoms with Crippen molar-refractivity contribution in [3.63, 3.8) is 0 Å². The second-order valence-electron chi connectivity index (χ2n) is 5.17. The number of ether oxygens (including phenoxy) is 1. The Morgan fingerprint density at radius 3 is 2.62 bits per heavy atom. The smallest absolute Gasteiger partial charge is 0.0720 e. The van der Waals surface area contributed by atoms with Gasteiger partial charge < -0.3 is 4.74 Å². The third-order valence-electron chi connectivity index (χ3n) is 3.67. The van der Waals surface area contributed by atoms with Gasteiger partial charge >= 0.3 is 0 Å². The highest BCUT2D eigenvalue weighted by atomic mass is 16.5. The minimum absolute atomic E-state index is 0.486.